The van der Waals surface area contributed by atoms with Crippen molar-refractivity contribution in [2.24, 2.45) is 5.41 Å². The molecule has 100 valence electrons. The average molecular weight is 257 g/mol. The second-order valence-electron chi connectivity index (χ2n) is 5.91. The molecule has 2 N–H and O–H groups in total. The summed E-state index contributed by atoms with van der Waals surface area (Å²) in [5, 5.41) is 14.3. The maximum absolute atomic E-state index is 9.69. The van der Waals surface area contributed by atoms with Gasteiger partial charge in [-0.15, -0.1) is 0 Å². The fourth-order valence-electron chi connectivity index (χ4n) is 3.48. The van der Waals surface area contributed by atoms with Crippen molar-refractivity contribution >= 4 is 11.8 Å². The maximum atomic E-state index is 9.69. The number of aliphatic hydroxyl groups excluding tert-OH is 1. The molecule has 0 aromatic rings. The molecule has 0 aliphatic heterocycles. The molecule has 2 saturated carbocycles. The van der Waals surface area contributed by atoms with E-state index in [0.29, 0.717) is 12.6 Å². The second kappa shape index (κ2) is 6.44. The van der Waals surface area contributed by atoms with Gasteiger partial charge in [0.1, 0.15) is 0 Å². The first kappa shape index (κ1) is 13.7. The van der Waals surface area contributed by atoms with E-state index in [1.807, 2.05) is 11.8 Å². The Morgan fingerprint density at radius 2 is 1.94 bits per heavy atom. The van der Waals surface area contributed by atoms with Crippen molar-refractivity contribution in [3.63, 3.8) is 0 Å². The topological polar surface area (TPSA) is 32.3 Å². The zero-order chi connectivity index (χ0) is 12.1. The standard InChI is InChI=1S/C14H27NOS/c1-17-13-7-5-6-12(13)15-10-14(11-16)8-3-2-4-9-14/h12-13,15-16H,2-11H2,1H3. The molecule has 17 heavy (non-hydrogen) atoms. The van der Waals surface area contributed by atoms with Crippen LogP contribution in [0.2, 0.25) is 0 Å². The molecule has 3 heteroatoms. The molecule has 0 aromatic heterocycles. The predicted octanol–water partition coefficient (Wildman–Crippen LogP) is 2.80. The van der Waals surface area contributed by atoms with E-state index in [1.165, 1.54) is 51.4 Å². The molecule has 0 heterocycles. The van der Waals surface area contributed by atoms with Gasteiger partial charge in [0.05, 0.1) is 0 Å². The van der Waals surface area contributed by atoms with Crippen molar-refractivity contribution in [2.45, 2.75) is 62.7 Å². The molecule has 0 bridgehead atoms. The van der Waals surface area contributed by atoms with Gasteiger partial charge >= 0.3 is 0 Å². The number of hydrogen-bond donors (Lipinski definition) is 2. The Labute approximate surface area is 110 Å². The van der Waals surface area contributed by atoms with Gasteiger partial charge < -0.3 is 10.4 Å². The lowest BCUT2D eigenvalue weighted by Gasteiger charge is -2.37. The Bertz CT molecular complexity index is 228. The quantitative estimate of drug-likeness (QED) is 0.794. The zero-order valence-corrected chi connectivity index (χ0v) is 11.9. The van der Waals surface area contributed by atoms with Crippen molar-refractivity contribution in [3.8, 4) is 0 Å². The van der Waals surface area contributed by atoms with Gasteiger partial charge in [0, 0.05) is 29.9 Å². The largest absolute Gasteiger partial charge is 0.396 e. The van der Waals surface area contributed by atoms with Crippen molar-refractivity contribution in [1.82, 2.24) is 5.32 Å². The highest BCUT2D eigenvalue weighted by molar-refractivity contribution is 7.99. The molecule has 0 spiro atoms. The summed E-state index contributed by atoms with van der Waals surface area (Å²) in [6.45, 7) is 1.40. The molecule has 2 fully saturated rings. The average Bonchev–Trinajstić information content (AvgIpc) is 2.85. The first-order valence-electron chi connectivity index (χ1n) is 7.17. The summed E-state index contributed by atoms with van der Waals surface area (Å²) in [4.78, 5) is 0. The van der Waals surface area contributed by atoms with Crippen LogP contribution < -0.4 is 5.32 Å². The molecule has 2 atom stereocenters. The Kier molecular flexibility index (Phi) is 5.19. The van der Waals surface area contributed by atoms with E-state index >= 15 is 0 Å². The highest BCUT2D eigenvalue weighted by Gasteiger charge is 2.33. The van der Waals surface area contributed by atoms with Crippen LogP contribution in [0.25, 0.3) is 0 Å². The Morgan fingerprint density at radius 3 is 2.59 bits per heavy atom. The van der Waals surface area contributed by atoms with Gasteiger partial charge in [-0.25, -0.2) is 0 Å². The second-order valence-corrected chi connectivity index (χ2v) is 6.99. The van der Waals surface area contributed by atoms with Crippen LogP contribution in [0.4, 0.5) is 0 Å². The van der Waals surface area contributed by atoms with E-state index in [1.54, 1.807) is 0 Å². The van der Waals surface area contributed by atoms with Gasteiger partial charge in [-0.1, -0.05) is 25.7 Å². The lowest BCUT2D eigenvalue weighted by Crippen LogP contribution is -2.44. The van der Waals surface area contributed by atoms with Crippen molar-refractivity contribution in [3.05, 3.63) is 0 Å². The first-order chi connectivity index (χ1) is 8.29. The van der Waals surface area contributed by atoms with E-state index in [4.69, 9.17) is 0 Å². The van der Waals surface area contributed by atoms with Crippen molar-refractivity contribution in [1.29, 1.82) is 0 Å². The summed E-state index contributed by atoms with van der Waals surface area (Å²) < 4.78 is 0. The van der Waals surface area contributed by atoms with E-state index < -0.39 is 0 Å². The third-order valence-corrected chi connectivity index (χ3v) is 5.91. The summed E-state index contributed by atoms with van der Waals surface area (Å²) >= 11 is 2.01. The molecule has 2 aliphatic rings. The van der Waals surface area contributed by atoms with Crippen molar-refractivity contribution in [2.75, 3.05) is 19.4 Å². The lowest BCUT2D eigenvalue weighted by atomic mass is 9.74. The molecule has 0 radical (unpaired) electrons. The molecule has 2 nitrogen and oxygen atoms in total. The first-order valence-corrected chi connectivity index (χ1v) is 8.45. The summed E-state index contributed by atoms with van der Waals surface area (Å²) in [6.07, 6.45) is 12.7. The highest BCUT2D eigenvalue weighted by Crippen LogP contribution is 2.36. The molecule has 0 saturated heterocycles. The van der Waals surface area contributed by atoms with Crippen LogP contribution in [0.1, 0.15) is 51.4 Å². The number of hydrogen-bond acceptors (Lipinski definition) is 3. The van der Waals surface area contributed by atoms with Crippen LogP contribution in [0.3, 0.4) is 0 Å². The van der Waals surface area contributed by atoms with Gasteiger partial charge in [0.25, 0.3) is 0 Å². The van der Waals surface area contributed by atoms with Crippen LogP contribution in [0.5, 0.6) is 0 Å². The molecule has 0 amide bonds. The molecular formula is C14H27NOS. The minimum Gasteiger partial charge on any atom is -0.396 e. The number of thioether (sulfide) groups is 1. The van der Waals surface area contributed by atoms with Crippen LogP contribution in [0, 0.1) is 5.41 Å². The summed E-state index contributed by atoms with van der Waals surface area (Å²) in [6, 6.07) is 0.690. The van der Waals surface area contributed by atoms with Crippen LogP contribution in [-0.4, -0.2) is 35.8 Å². The van der Waals surface area contributed by atoms with Crippen LogP contribution >= 0.6 is 11.8 Å². The SMILES string of the molecule is CSC1CCCC1NCC1(CO)CCCCC1. The monoisotopic (exact) mass is 257 g/mol. The number of nitrogens with one attached hydrogen (secondary N) is 1. The van der Waals surface area contributed by atoms with E-state index in [2.05, 4.69) is 11.6 Å². The summed E-state index contributed by atoms with van der Waals surface area (Å²) in [5.74, 6) is 0. The Morgan fingerprint density at radius 1 is 1.18 bits per heavy atom. The lowest BCUT2D eigenvalue weighted by molar-refractivity contribution is 0.0787. The van der Waals surface area contributed by atoms with Crippen molar-refractivity contribution < 1.29 is 5.11 Å². The van der Waals surface area contributed by atoms with E-state index in [0.717, 1.165) is 11.8 Å². The Hall–Kier alpha value is 0.270. The molecule has 2 aliphatic carbocycles. The molecule has 2 unspecified atom stereocenters. The number of rotatable bonds is 5. The summed E-state index contributed by atoms with van der Waals surface area (Å²) in [5.41, 5.74) is 0.198. The fourth-order valence-corrected chi connectivity index (χ4v) is 4.45. The maximum Gasteiger partial charge on any atom is 0.0499 e. The zero-order valence-electron chi connectivity index (χ0n) is 11.1. The summed E-state index contributed by atoms with van der Waals surface area (Å²) in [7, 11) is 0. The van der Waals surface area contributed by atoms with Gasteiger partial charge in [0.2, 0.25) is 0 Å². The molecular weight excluding hydrogens is 230 g/mol. The van der Waals surface area contributed by atoms with Gasteiger partial charge in [-0.05, 0) is 31.9 Å². The van der Waals surface area contributed by atoms with Crippen LogP contribution in [-0.2, 0) is 0 Å². The molecule has 2 rings (SSSR count). The molecule has 0 aromatic carbocycles. The van der Waals surface area contributed by atoms with Gasteiger partial charge in [-0.2, -0.15) is 11.8 Å². The predicted molar refractivity (Wildman–Crippen MR) is 75.5 cm³/mol. The third kappa shape index (κ3) is 3.39. The van der Waals surface area contributed by atoms with Gasteiger partial charge in [0.15, 0.2) is 0 Å². The number of aliphatic hydroxyl groups is 1. The Balaban J connectivity index is 1.82. The van der Waals surface area contributed by atoms with Gasteiger partial charge in [-0.3, -0.25) is 0 Å². The van der Waals surface area contributed by atoms with E-state index in [-0.39, 0.29) is 5.41 Å². The minimum absolute atomic E-state index is 0.198. The third-order valence-electron chi connectivity index (χ3n) is 4.74. The van der Waals surface area contributed by atoms with Crippen LogP contribution in [0.15, 0.2) is 0 Å². The minimum atomic E-state index is 0.198. The van der Waals surface area contributed by atoms with E-state index in [9.17, 15) is 5.11 Å². The fraction of sp³-hybridized carbons (Fsp3) is 1.00. The normalized spacial score (nSPS) is 32.8. The smallest absolute Gasteiger partial charge is 0.0499 e. The highest BCUT2D eigenvalue weighted by atomic mass is 32.2.